The van der Waals surface area contributed by atoms with Crippen LogP contribution in [0.1, 0.15) is 26.5 Å². The first kappa shape index (κ1) is 18.9. The first-order valence-electron chi connectivity index (χ1n) is 9.64. The minimum atomic E-state index is -0.583. The highest BCUT2D eigenvalue weighted by Gasteiger charge is 2.22. The van der Waals surface area contributed by atoms with Crippen LogP contribution in [0.25, 0.3) is 32.8 Å². The summed E-state index contributed by atoms with van der Waals surface area (Å²) in [5.74, 6) is 0. The van der Waals surface area contributed by atoms with E-state index in [9.17, 15) is 4.79 Å². The lowest BCUT2D eigenvalue weighted by Gasteiger charge is -2.20. The van der Waals surface area contributed by atoms with E-state index in [0.29, 0.717) is 5.69 Å². The Hall–Kier alpha value is -3.47. The van der Waals surface area contributed by atoms with Crippen molar-refractivity contribution in [2.75, 3.05) is 11.2 Å². The molecule has 4 rings (SSSR count). The number of hydrogen-bond acceptors (Lipinski definition) is 3. The van der Waals surface area contributed by atoms with Gasteiger partial charge < -0.3 is 10.5 Å². The van der Waals surface area contributed by atoms with Crippen LogP contribution in [-0.2, 0) is 4.74 Å². The van der Waals surface area contributed by atoms with Crippen LogP contribution in [0.2, 0.25) is 0 Å². The second-order valence-corrected chi connectivity index (χ2v) is 8.18. The van der Waals surface area contributed by atoms with Crippen molar-refractivity contribution in [2.24, 2.45) is 0 Å². The van der Waals surface area contributed by atoms with E-state index in [2.05, 4.69) is 23.6 Å². The summed E-state index contributed by atoms with van der Waals surface area (Å²) < 4.78 is 7.27. The Kier molecular flexibility index (Phi) is 4.46. The topological polar surface area (TPSA) is 69.3 Å². The van der Waals surface area contributed by atoms with Crippen LogP contribution < -0.4 is 11.2 Å². The van der Waals surface area contributed by atoms with Gasteiger partial charge in [0.05, 0.1) is 5.52 Å². The van der Waals surface area contributed by atoms with Crippen molar-refractivity contribution < 1.29 is 9.53 Å². The van der Waals surface area contributed by atoms with Crippen molar-refractivity contribution >= 4 is 33.5 Å². The number of fused-ring (bicyclic) bond motifs is 3. The van der Waals surface area contributed by atoms with E-state index in [-0.39, 0.29) is 0 Å². The molecular formula is C24H25N3O2. The first-order valence-corrected chi connectivity index (χ1v) is 9.64. The number of aromatic nitrogens is 1. The highest BCUT2D eigenvalue weighted by Crippen LogP contribution is 2.40. The van der Waals surface area contributed by atoms with E-state index in [0.717, 1.165) is 38.5 Å². The molecule has 29 heavy (non-hydrogen) atoms. The number of carbonyl (C=O) groups excluding carboxylic acids is 1. The van der Waals surface area contributed by atoms with Gasteiger partial charge in [-0.2, -0.15) is 0 Å². The SMILES string of the molecule is Cc1c(-c2ccccc2N)c2c3ccccc3ccc2n1NC(=O)OC(C)(C)C. The van der Waals surface area contributed by atoms with Crippen LogP contribution >= 0.6 is 0 Å². The number of nitrogens with two attached hydrogens (primary N) is 1. The van der Waals surface area contributed by atoms with Crippen LogP contribution in [0.5, 0.6) is 0 Å². The van der Waals surface area contributed by atoms with E-state index < -0.39 is 11.7 Å². The molecule has 0 unspecified atom stereocenters. The molecule has 3 N–H and O–H groups in total. The second kappa shape index (κ2) is 6.85. The molecule has 0 radical (unpaired) electrons. The maximum absolute atomic E-state index is 12.5. The minimum absolute atomic E-state index is 0.502. The van der Waals surface area contributed by atoms with Crippen molar-refractivity contribution in [3.63, 3.8) is 0 Å². The third-order valence-corrected chi connectivity index (χ3v) is 4.93. The summed E-state index contributed by atoms with van der Waals surface area (Å²) in [6.07, 6.45) is -0.502. The summed E-state index contributed by atoms with van der Waals surface area (Å²) in [6.45, 7) is 7.51. The van der Waals surface area contributed by atoms with Gasteiger partial charge in [-0.1, -0.05) is 48.5 Å². The maximum Gasteiger partial charge on any atom is 0.426 e. The lowest BCUT2D eigenvalue weighted by Crippen LogP contribution is -2.32. The zero-order chi connectivity index (χ0) is 20.8. The molecule has 5 heteroatoms. The lowest BCUT2D eigenvalue weighted by atomic mass is 9.97. The van der Waals surface area contributed by atoms with Gasteiger partial charge in [0.1, 0.15) is 5.60 Å². The molecule has 0 saturated carbocycles. The molecule has 148 valence electrons. The van der Waals surface area contributed by atoms with Crippen LogP contribution in [0.4, 0.5) is 10.5 Å². The summed E-state index contributed by atoms with van der Waals surface area (Å²) in [6, 6.07) is 20.1. The average Bonchev–Trinajstić information content (AvgIpc) is 2.93. The smallest absolute Gasteiger partial charge is 0.426 e. The summed E-state index contributed by atoms with van der Waals surface area (Å²) in [5.41, 5.74) is 13.1. The number of para-hydroxylation sites is 1. The van der Waals surface area contributed by atoms with Gasteiger partial charge in [0.2, 0.25) is 0 Å². The number of nitrogen functional groups attached to an aromatic ring is 1. The number of carbonyl (C=O) groups is 1. The number of nitrogens with one attached hydrogen (secondary N) is 1. The summed E-state index contributed by atoms with van der Waals surface area (Å²) in [5, 5.41) is 3.29. The number of anilines is 1. The zero-order valence-electron chi connectivity index (χ0n) is 17.1. The Bertz CT molecular complexity index is 1230. The van der Waals surface area contributed by atoms with Crippen molar-refractivity contribution in [3.05, 3.63) is 66.4 Å². The fourth-order valence-electron chi connectivity index (χ4n) is 3.77. The Balaban J connectivity index is 2.01. The quantitative estimate of drug-likeness (QED) is 0.425. The third kappa shape index (κ3) is 3.40. The Labute approximate surface area is 170 Å². The van der Waals surface area contributed by atoms with E-state index in [4.69, 9.17) is 10.5 Å². The predicted octanol–water partition coefficient (Wildman–Crippen LogP) is 5.83. The Morgan fingerprint density at radius 1 is 1.00 bits per heavy atom. The number of amides is 1. The summed E-state index contributed by atoms with van der Waals surface area (Å²) in [7, 11) is 0. The number of nitrogens with zero attached hydrogens (tertiary/aromatic N) is 1. The van der Waals surface area contributed by atoms with Crippen LogP contribution in [0, 0.1) is 6.92 Å². The predicted molar refractivity (Wildman–Crippen MR) is 120 cm³/mol. The van der Waals surface area contributed by atoms with Gasteiger partial charge >= 0.3 is 6.09 Å². The summed E-state index contributed by atoms with van der Waals surface area (Å²) in [4.78, 5) is 12.5. The Morgan fingerprint density at radius 2 is 1.69 bits per heavy atom. The average molecular weight is 387 g/mol. The molecule has 1 aromatic heterocycles. The molecule has 1 amide bonds. The molecule has 0 fully saturated rings. The fraction of sp³-hybridized carbons (Fsp3) is 0.208. The monoisotopic (exact) mass is 387 g/mol. The zero-order valence-corrected chi connectivity index (χ0v) is 17.1. The van der Waals surface area contributed by atoms with Crippen molar-refractivity contribution in [3.8, 4) is 11.1 Å². The highest BCUT2D eigenvalue weighted by molar-refractivity contribution is 6.16. The molecule has 3 aromatic carbocycles. The number of benzene rings is 3. The highest BCUT2D eigenvalue weighted by atomic mass is 16.6. The molecule has 0 spiro atoms. The largest absolute Gasteiger partial charge is 0.443 e. The van der Waals surface area contributed by atoms with Gasteiger partial charge in [0, 0.05) is 27.9 Å². The molecule has 0 aliphatic heterocycles. The molecule has 0 saturated heterocycles. The summed E-state index contributed by atoms with van der Waals surface area (Å²) >= 11 is 0. The standard InChI is InChI=1S/C24H25N3O2/c1-15-21(18-11-7-8-12-19(18)25)22-17-10-6-5-9-16(17)13-14-20(22)27(15)26-23(28)29-24(2,3)4/h5-14H,25H2,1-4H3,(H,26,28). The fourth-order valence-corrected chi connectivity index (χ4v) is 3.77. The Morgan fingerprint density at radius 3 is 2.41 bits per heavy atom. The van der Waals surface area contributed by atoms with Gasteiger partial charge in [-0.05, 0) is 50.6 Å². The van der Waals surface area contributed by atoms with Gasteiger partial charge in [-0.25, -0.2) is 10.2 Å². The molecule has 5 nitrogen and oxygen atoms in total. The maximum atomic E-state index is 12.5. The van der Waals surface area contributed by atoms with Gasteiger partial charge in [0.15, 0.2) is 0 Å². The van der Waals surface area contributed by atoms with Crippen molar-refractivity contribution in [1.82, 2.24) is 4.68 Å². The molecule has 0 atom stereocenters. The van der Waals surface area contributed by atoms with Crippen LogP contribution in [0.15, 0.2) is 60.7 Å². The normalized spacial score (nSPS) is 11.7. The number of hydrogen-bond donors (Lipinski definition) is 2. The minimum Gasteiger partial charge on any atom is -0.443 e. The van der Waals surface area contributed by atoms with Crippen LogP contribution in [0.3, 0.4) is 0 Å². The molecule has 1 heterocycles. The molecule has 0 aliphatic carbocycles. The number of rotatable bonds is 2. The van der Waals surface area contributed by atoms with Crippen molar-refractivity contribution in [1.29, 1.82) is 0 Å². The second-order valence-electron chi connectivity index (χ2n) is 8.18. The molecule has 0 bridgehead atoms. The third-order valence-electron chi connectivity index (χ3n) is 4.93. The number of ether oxygens (including phenoxy) is 1. The van der Waals surface area contributed by atoms with Gasteiger partial charge in [-0.3, -0.25) is 4.68 Å². The first-order chi connectivity index (χ1) is 13.8. The van der Waals surface area contributed by atoms with Crippen molar-refractivity contribution in [2.45, 2.75) is 33.3 Å². The van der Waals surface area contributed by atoms with Gasteiger partial charge in [-0.15, -0.1) is 0 Å². The van der Waals surface area contributed by atoms with Gasteiger partial charge in [0.25, 0.3) is 0 Å². The lowest BCUT2D eigenvalue weighted by molar-refractivity contribution is 0.0614. The molecular weight excluding hydrogens is 362 g/mol. The van der Waals surface area contributed by atoms with E-state index >= 15 is 0 Å². The van der Waals surface area contributed by atoms with E-state index in [1.54, 1.807) is 4.68 Å². The van der Waals surface area contributed by atoms with E-state index in [1.807, 2.05) is 70.2 Å². The van der Waals surface area contributed by atoms with E-state index in [1.165, 1.54) is 0 Å². The molecule has 0 aliphatic rings. The van der Waals surface area contributed by atoms with Crippen LogP contribution in [-0.4, -0.2) is 16.4 Å². The molecule has 4 aromatic rings.